The monoisotopic (exact) mass is 335 g/mol. The fourth-order valence-electron chi connectivity index (χ4n) is 2.28. The van der Waals surface area contributed by atoms with Crippen molar-refractivity contribution in [3.8, 4) is 11.4 Å². The zero-order chi connectivity index (χ0) is 13.6. The molecule has 1 aromatic carbocycles. The van der Waals surface area contributed by atoms with Gasteiger partial charge in [-0.3, -0.25) is 0 Å². The molecule has 0 amide bonds. The van der Waals surface area contributed by atoms with Crippen LogP contribution in [0.25, 0.3) is 11.4 Å². The number of aromatic nitrogens is 2. The Balaban J connectivity index is 2.15. The molecule has 0 fully saturated rings. The van der Waals surface area contributed by atoms with E-state index in [1.165, 1.54) is 11.1 Å². The molecule has 98 valence electrons. The molecule has 0 aliphatic carbocycles. The Hall–Kier alpha value is -1.07. The molecule has 2 heterocycles. The van der Waals surface area contributed by atoms with Crippen LogP contribution in [0.4, 0.5) is 5.82 Å². The van der Waals surface area contributed by atoms with Gasteiger partial charge in [0.1, 0.15) is 5.82 Å². The van der Waals surface area contributed by atoms with Gasteiger partial charge < -0.3 is 5.73 Å². The molecular formula is C14H14BrN3S. The summed E-state index contributed by atoms with van der Waals surface area (Å²) >= 11 is 5.42. The molecule has 2 aromatic rings. The van der Waals surface area contributed by atoms with E-state index in [1.54, 1.807) is 0 Å². The van der Waals surface area contributed by atoms with Gasteiger partial charge in [0.25, 0.3) is 0 Å². The van der Waals surface area contributed by atoms with Crippen molar-refractivity contribution >= 4 is 33.5 Å². The van der Waals surface area contributed by atoms with Crippen molar-refractivity contribution < 1.29 is 0 Å². The van der Waals surface area contributed by atoms with Gasteiger partial charge >= 0.3 is 0 Å². The summed E-state index contributed by atoms with van der Waals surface area (Å²) in [5, 5.41) is 0. The highest BCUT2D eigenvalue weighted by Gasteiger charge is 2.19. The number of aryl methyl sites for hydroxylation is 2. The van der Waals surface area contributed by atoms with Crippen LogP contribution in [-0.2, 0) is 11.5 Å². The first-order valence-electron chi connectivity index (χ1n) is 6.06. The highest BCUT2D eigenvalue weighted by molar-refractivity contribution is 9.10. The van der Waals surface area contributed by atoms with Crippen molar-refractivity contribution in [2.45, 2.75) is 25.4 Å². The number of halogens is 1. The Morgan fingerprint density at radius 1 is 1.16 bits per heavy atom. The molecule has 3 rings (SSSR count). The molecule has 0 atom stereocenters. The summed E-state index contributed by atoms with van der Waals surface area (Å²) in [6, 6.07) is 4.20. The van der Waals surface area contributed by atoms with E-state index in [4.69, 9.17) is 5.73 Å². The van der Waals surface area contributed by atoms with Gasteiger partial charge in [0.15, 0.2) is 5.82 Å². The molecule has 1 aliphatic heterocycles. The first kappa shape index (κ1) is 12.9. The SMILES string of the molecule is Cc1cc(-c2nc(N)c3c(n2)CSC3)cc(C)c1Br. The Kier molecular flexibility index (Phi) is 3.27. The van der Waals surface area contributed by atoms with Crippen LogP contribution in [0.5, 0.6) is 0 Å². The third-order valence-corrected chi connectivity index (χ3v) is 5.53. The third-order valence-electron chi connectivity index (χ3n) is 3.30. The highest BCUT2D eigenvalue weighted by Crippen LogP contribution is 2.34. The third kappa shape index (κ3) is 2.25. The standard InChI is InChI=1S/C14H14BrN3S/c1-7-3-9(4-8(2)12(7)15)14-17-11-6-19-5-10(11)13(16)18-14/h3-4H,5-6H2,1-2H3,(H2,16,17,18). The fraction of sp³-hybridized carbons (Fsp3) is 0.286. The summed E-state index contributed by atoms with van der Waals surface area (Å²) in [5.41, 5.74) is 11.6. The van der Waals surface area contributed by atoms with Gasteiger partial charge in [-0.1, -0.05) is 15.9 Å². The fourth-order valence-corrected chi connectivity index (χ4v) is 3.56. The van der Waals surface area contributed by atoms with Crippen LogP contribution in [0.1, 0.15) is 22.4 Å². The van der Waals surface area contributed by atoms with Crippen molar-refractivity contribution in [2.24, 2.45) is 0 Å². The van der Waals surface area contributed by atoms with E-state index < -0.39 is 0 Å². The van der Waals surface area contributed by atoms with Crippen LogP contribution in [0.3, 0.4) is 0 Å². The molecule has 2 N–H and O–H groups in total. The molecule has 0 bridgehead atoms. The molecule has 1 aliphatic rings. The van der Waals surface area contributed by atoms with E-state index in [-0.39, 0.29) is 0 Å². The minimum atomic E-state index is 0.628. The second-order valence-electron chi connectivity index (χ2n) is 4.77. The van der Waals surface area contributed by atoms with Crippen molar-refractivity contribution in [1.29, 1.82) is 0 Å². The average Bonchev–Trinajstić information content (AvgIpc) is 2.84. The van der Waals surface area contributed by atoms with Crippen molar-refractivity contribution in [3.63, 3.8) is 0 Å². The van der Waals surface area contributed by atoms with Crippen molar-refractivity contribution in [3.05, 3.63) is 39.0 Å². The number of hydrogen-bond acceptors (Lipinski definition) is 4. The van der Waals surface area contributed by atoms with Crippen LogP contribution in [0, 0.1) is 13.8 Å². The Morgan fingerprint density at radius 2 is 1.84 bits per heavy atom. The van der Waals surface area contributed by atoms with E-state index in [1.807, 2.05) is 11.8 Å². The zero-order valence-electron chi connectivity index (χ0n) is 10.8. The molecule has 0 radical (unpaired) electrons. The second-order valence-corrected chi connectivity index (χ2v) is 6.55. The summed E-state index contributed by atoms with van der Waals surface area (Å²) < 4.78 is 1.14. The Morgan fingerprint density at radius 3 is 2.53 bits per heavy atom. The van der Waals surface area contributed by atoms with Crippen molar-refractivity contribution in [2.75, 3.05) is 5.73 Å². The number of nitrogens with two attached hydrogens (primary N) is 1. The molecule has 0 spiro atoms. The minimum absolute atomic E-state index is 0.628. The summed E-state index contributed by atoms with van der Waals surface area (Å²) in [6.45, 7) is 4.15. The smallest absolute Gasteiger partial charge is 0.161 e. The van der Waals surface area contributed by atoms with Crippen LogP contribution in [0.2, 0.25) is 0 Å². The van der Waals surface area contributed by atoms with Gasteiger partial charge in [0.05, 0.1) is 5.69 Å². The molecule has 0 unspecified atom stereocenters. The van der Waals surface area contributed by atoms with E-state index in [0.29, 0.717) is 5.82 Å². The predicted octanol–water partition coefficient (Wildman–Crippen LogP) is 3.85. The van der Waals surface area contributed by atoms with Gasteiger partial charge in [-0.05, 0) is 37.1 Å². The number of nitrogen functional groups attached to an aromatic ring is 1. The van der Waals surface area contributed by atoms with Crippen LogP contribution >= 0.6 is 27.7 Å². The van der Waals surface area contributed by atoms with Gasteiger partial charge in [0.2, 0.25) is 0 Å². The maximum Gasteiger partial charge on any atom is 0.161 e. The van der Waals surface area contributed by atoms with Crippen LogP contribution < -0.4 is 5.73 Å². The van der Waals surface area contributed by atoms with Gasteiger partial charge in [-0.25, -0.2) is 9.97 Å². The van der Waals surface area contributed by atoms with E-state index in [9.17, 15) is 0 Å². The molecular weight excluding hydrogens is 322 g/mol. The van der Waals surface area contributed by atoms with E-state index in [2.05, 4.69) is 51.9 Å². The molecule has 0 saturated heterocycles. The summed E-state index contributed by atoms with van der Waals surface area (Å²) in [4.78, 5) is 9.13. The van der Waals surface area contributed by atoms with E-state index >= 15 is 0 Å². The van der Waals surface area contributed by atoms with Gasteiger partial charge in [-0.15, -0.1) is 0 Å². The quantitative estimate of drug-likeness (QED) is 0.859. The zero-order valence-corrected chi connectivity index (χ0v) is 13.2. The maximum absolute atomic E-state index is 6.04. The summed E-state index contributed by atoms with van der Waals surface area (Å²) in [6.07, 6.45) is 0. The number of rotatable bonds is 1. The lowest BCUT2D eigenvalue weighted by molar-refractivity contribution is 1.08. The molecule has 3 nitrogen and oxygen atoms in total. The number of hydrogen-bond donors (Lipinski definition) is 1. The molecule has 5 heteroatoms. The largest absolute Gasteiger partial charge is 0.383 e. The molecule has 0 saturated carbocycles. The first-order valence-corrected chi connectivity index (χ1v) is 8.01. The minimum Gasteiger partial charge on any atom is -0.383 e. The predicted molar refractivity (Wildman–Crippen MR) is 84.1 cm³/mol. The number of anilines is 1. The highest BCUT2D eigenvalue weighted by atomic mass is 79.9. The average molecular weight is 336 g/mol. The van der Waals surface area contributed by atoms with E-state index in [0.717, 1.165) is 38.6 Å². The van der Waals surface area contributed by atoms with Crippen LogP contribution in [-0.4, -0.2) is 9.97 Å². The second kappa shape index (κ2) is 4.80. The topological polar surface area (TPSA) is 51.8 Å². The number of nitrogens with zero attached hydrogens (tertiary/aromatic N) is 2. The van der Waals surface area contributed by atoms with Crippen LogP contribution in [0.15, 0.2) is 16.6 Å². The Bertz CT molecular complexity index is 647. The van der Waals surface area contributed by atoms with Gasteiger partial charge in [-0.2, -0.15) is 11.8 Å². The Labute approximate surface area is 125 Å². The molecule has 1 aromatic heterocycles. The summed E-state index contributed by atoms with van der Waals surface area (Å²) in [5.74, 6) is 3.23. The summed E-state index contributed by atoms with van der Waals surface area (Å²) in [7, 11) is 0. The maximum atomic E-state index is 6.04. The number of benzene rings is 1. The lowest BCUT2D eigenvalue weighted by atomic mass is 10.1. The molecule has 19 heavy (non-hydrogen) atoms. The number of thioether (sulfide) groups is 1. The lowest BCUT2D eigenvalue weighted by Crippen LogP contribution is -2.03. The lowest BCUT2D eigenvalue weighted by Gasteiger charge is -2.09. The van der Waals surface area contributed by atoms with Crippen molar-refractivity contribution in [1.82, 2.24) is 9.97 Å². The normalized spacial score (nSPS) is 13.6. The van der Waals surface area contributed by atoms with Gasteiger partial charge in [0, 0.05) is 27.1 Å². The number of fused-ring (bicyclic) bond motifs is 1. The first-order chi connectivity index (χ1) is 9.06.